The van der Waals surface area contributed by atoms with Crippen molar-refractivity contribution in [2.24, 2.45) is 10.1 Å². The number of amidine groups is 2. The number of hydrogen-bond donors (Lipinski definition) is 1. The molecule has 1 amide bonds. The van der Waals surface area contributed by atoms with Gasteiger partial charge in [0.05, 0.1) is 5.57 Å². The molecule has 2 aromatic carbocycles. The van der Waals surface area contributed by atoms with Gasteiger partial charge >= 0.3 is 0 Å². The van der Waals surface area contributed by atoms with Crippen molar-refractivity contribution in [3.8, 4) is 0 Å². The Morgan fingerprint density at radius 1 is 1.00 bits per heavy atom. The fourth-order valence-electron chi connectivity index (χ4n) is 3.12. The normalized spacial score (nSPS) is 16.6. The first kappa shape index (κ1) is 23.0. The standard InChI is InChI=1S/C24H17ClN4O2S3/c25-17-8-6-16(7-9-17)13-32-20-11-10-18(31-20)12-19-21(26)29-23(27-22(19)30)34-24(28-29)33-14-15-4-2-1-3-5-15/h1-12,26H,13-14H2/b19-12-,26-21?. The Labute approximate surface area is 214 Å². The topological polar surface area (TPSA) is 82.0 Å². The van der Waals surface area contributed by atoms with Gasteiger partial charge in [0.1, 0.15) is 5.76 Å². The zero-order valence-electron chi connectivity index (χ0n) is 17.6. The van der Waals surface area contributed by atoms with E-state index < -0.39 is 5.91 Å². The summed E-state index contributed by atoms with van der Waals surface area (Å²) in [6, 6.07) is 21.4. The Morgan fingerprint density at radius 2 is 1.74 bits per heavy atom. The summed E-state index contributed by atoms with van der Waals surface area (Å²) in [5, 5.41) is 16.2. The maximum absolute atomic E-state index is 12.6. The van der Waals surface area contributed by atoms with Crippen LogP contribution in [0.15, 0.2) is 91.9 Å². The van der Waals surface area contributed by atoms with E-state index in [-0.39, 0.29) is 11.4 Å². The number of carbonyl (C=O) groups is 1. The van der Waals surface area contributed by atoms with Crippen molar-refractivity contribution in [2.75, 3.05) is 0 Å². The maximum Gasteiger partial charge on any atom is 0.283 e. The molecule has 0 unspecified atom stereocenters. The molecule has 5 rings (SSSR count). The number of fused-ring (bicyclic) bond motifs is 1. The summed E-state index contributed by atoms with van der Waals surface area (Å²) in [7, 11) is 0. The van der Waals surface area contributed by atoms with E-state index in [0.717, 1.165) is 26.5 Å². The van der Waals surface area contributed by atoms with E-state index in [9.17, 15) is 4.79 Å². The molecule has 0 atom stereocenters. The quantitative estimate of drug-likeness (QED) is 0.284. The predicted molar refractivity (Wildman–Crippen MR) is 142 cm³/mol. The predicted octanol–water partition coefficient (Wildman–Crippen LogP) is 6.74. The number of rotatable bonds is 6. The van der Waals surface area contributed by atoms with Crippen LogP contribution < -0.4 is 0 Å². The Hall–Kier alpha value is -2.72. The first-order chi connectivity index (χ1) is 16.5. The molecule has 0 radical (unpaired) electrons. The number of nitrogens with zero attached hydrogens (tertiary/aromatic N) is 3. The second kappa shape index (κ2) is 10.3. The molecule has 170 valence electrons. The Kier molecular flexibility index (Phi) is 6.96. The van der Waals surface area contributed by atoms with Crippen molar-refractivity contribution in [1.82, 2.24) is 5.01 Å². The second-order valence-electron chi connectivity index (χ2n) is 7.23. The maximum atomic E-state index is 12.6. The number of nitrogens with one attached hydrogen (secondary N) is 1. The average molecular weight is 525 g/mol. The molecule has 3 heterocycles. The van der Waals surface area contributed by atoms with Gasteiger partial charge in [-0.1, -0.05) is 77.6 Å². The highest BCUT2D eigenvalue weighted by molar-refractivity contribution is 8.45. The van der Waals surface area contributed by atoms with Gasteiger partial charge in [-0.2, -0.15) is 10.0 Å². The van der Waals surface area contributed by atoms with Gasteiger partial charge < -0.3 is 4.42 Å². The van der Waals surface area contributed by atoms with Crippen LogP contribution in [0, 0.1) is 5.41 Å². The van der Waals surface area contributed by atoms with Gasteiger partial charge in [0.15, 0.2) is 15.3 Å². The number of thioether (sulfide) groups is 3. The molecule has 6 nitrogen and oxygen atoms in total. The summed E-state index contributed by atoms with van der Waals surface area (Å²) in [5.74, 6) is 1.48. The van der Waals surface area contributed by atoms with Gasteiger partial charge in [-0.25, -0.2) is 0 Å². The molecule has 0 aliphatic carbocycles. The fraction of sp³-hybridized carbons (Fsp3) is 0.0833. The average Bonchev–Trinajstić information content (AvgIpc) is 3.47. The number of hydrazone groups is 1. The van der Waals surface area contributed by atoms with Crippen molar-refractivity contribution in [2.45, 2.75) is 16.6 Å². The number of hydrogen-bond acceptors (Lipinski definition) is 7. The SMILES string of the molecule is N=C1/C(=C/c2ccc(SCc3ccc(Cl)cc3)o2)C(=O)N=C2SC(SCc3ccccc3)=NN12. The smallest absolute Gasteiger partial charge is 0.283 e. The molecule has 1 N–H and O–H groups in total. The van der Waals surface area contributed by atoms with Crippen LogP contribution in [0.1, 0.15) is 16.9 Å². The first-order valence-electron chi connectivity index (χ1n) is 10.2. The zero-order chi connectivity index (χ0) is 23.5. The lowest BCUT2D eigenvalue weighted by molar-refractivity contribution is -0.114. The third-order valence-corrected chi connectivity index (χ3v) is 8.17. The Bertz CT molecular complexity index is 1330. The molecular weight excluding hydrogens is 508 g/mol. The minimum absolute atomic E-state index is 0.00965. The van der Waals surface area contributed by atoms with Crippen LogP contribution in [0.4, 0.5) is 0 Å². The van der Waals surface area contributed by atoms with Crippen LogP contribution in [-0.4, -0.2) is 26.3 Å². The van der Waals surface area contributed by atoms with Gasteiger partial charge in [-0.05, 0) is 53.2 Å². The summed E-state index contributed by atoms with van der Waals surface area (Å²) >= 11 is 10.3. The van der Waals surface area contributed by atoms with Gasteiger partial charge in [0, 0.05) is 16.5 Å². The van der Waals surface area contributed by atoms with Crippen molar-refractivity contribution < 1.29 is 9.21 Å². The summed E-state index contributed by atoms with van der Waals surface area (Å²) in [6.45, 7) is 0. The van der Waals surface area contributed by atoms with Crippen molar-refractivity contribution in [1.29, 1.82) is 5.41 Å². The lowest BCUT2D eigenvalue weighted by atomic mass is 10.1. The van der Waals surface area contributed by atoms with Crippen LogP contribution in [0.2, 0.25) is 5.02 Å². The number of aliphatic imine (C=N–C) groups is 1. The van der Waals surface area contributed by atoms with E-state index in [1.807, 2.05) is 48.5 Å². The van der Waals surface area contributed by atoms with E-state index in [1.54, 1.807) is 23.9 Å². The Morgan fingerprint density at radius 3 is 2.53 bits per heavy atom. The monoisotopic (exact) mass is 524 g/mol. The molecule has 0 saturated heterocycles. The summed E-state index contributed by atoms with van der Waals surface area (Å²) in [5.41, 5.74) is 2.45. The molecule has 0 saturated carbocycles. The molecule has 1 aromatic heterocycles. The second-order valence-corrected chi connectivity index (χ2v) is 10.8. The van der Waals surface area contributed by atoms with E-state index in [2.05, 4.69) is 22.2 Å². The molecule has 2 aliphatic heterocycles. The fourth-order valence-corrected chi connectivity index (χ4v) is 5.95. The van der Waals surface area contributed by atoms with E-state index in [1.165, 1.54) is 34.1 Å². The molecule has 2 aliphatic rings. The number of furan rings is 1. The van der Waals surface area contributed by atoms with Gasteiger partial charge in [0.2, 0.25) is 5.17 Å². The summed E-state index contributed by atoms with van der Waals surface area (Å²) in [6.07, 6.45) is 1.55. The van der Waals surface area contributed by atoms with Crippen LogP contribution in [0.5, 0.6) is 0 Å². The van der Waals surface area contributed by atoms with Crippen LogP contribution in [-0.2, 0) is 16.3 Å². The highest BCUT2D eigenvalue weighted by atomic mass is 35.5. The van der Waals surface area contributed by atoms with Crippen molar-refractivity contribution in [3.05, 3.63) is 94.2 Å². The number of halogens is 1. The minimum Gasteiger partial charge on any atom is -0.450 e. The zero-order valence-corrected chi connectivity index (χ0v) is 20.8. The molecule has 0 bridgehead atoms. The van der Waals surface area contributed by atoms with Gasteiger partial charge in [0.25, 0.3) is 5.91 Å². The Balaban J connectivity index is 1.25. The van der Waals surface area contributed by atoms with Crippen LogP contribution in [0.3, 0.4) is 0 Å². The van der Waals surface area contributed by atoms with E-state index in [0.29, 0.717) is 16.0 Å². The highest BCUT2D eigenvalue weighted by Gasteiger charge is 2.36. The summed E-state index contributed by atoms with van der Waals surface area (Å²) < 4.78 is 6.60. The molecular formula is C24H17ClN4O2S3. The van der Waals surface area contributed by atoms with Gasteiger partial charge in [-0.15, -0.1) is 5.10 Å². The van der Waals surface area contributed by atoms with Gasteiger partial charge in [-0.3, -0.25) is 10.2 Å². The molecule has 10 heteroatoms. The lowest BCUT2D eigenvalue weighted by Gasteiger charge is -2.19. The third kappa shape index (κ3) is 5.33. The minimum atomic E-state index is -0.472. The van der Waals surface area contributed by atoms with Crippen molar-refractivity contribution >= 4 is 74.2 Å². The molecule has 34 heavy (non-hydrogen) atoms. The van der Waals surface area contributed by atoms with Crippen LogP contribution >= 0.6 is 46.9 Å². The van der Waals surface area contributed by atoms with Crippen LogP contribution in [0.25, 0.3) is 6.08 Å². The number of benzene rings is 2. The molecule has 0 fully saturated rings. The van der Waals surface area contributed by atoms with Crippen molar-refractivity contribution in [3.63, 3.8) is 0 Å². The third-order valence-electron chi connectivity index (χ3n) is 4.82. The number of carbonyl (C=O) groups excluding carboxylic acids is 1. The largest absolute Gasteiger partial charge is 0.450 e. The number of amides is 1. The highest BCUT2D eigenvalue weighted by Crippen LogP contribution is 2.34. The first-order valence-corrected chi connectivity index (χ1v) is 13.4. The molecule has 3 aromatic rings. The van der Waals surface area contributed by atoms with E-state index >= 15 is 0 Å². The lowest BCUT2D eigenvalue weighted by Crippen LogP contribution is -2.35. The molecule has 0 spiro atoms. The summed E-state index contributed by atoms with van der Waals surface area (Å²) in [4.78, 5) is 16.8. The van der Waals surface area contributed by atoms with E-state index in [4.69, 9.17) is 21.4 Å².